The van der Waals surface area contributed by atoms with Crippen LogP contribution in [0.25, 0.3) is 0 Å². The minimum atomic E-state index is -4.67. The molecular formula is C17H22Cl2F3N3O. The third-order valence-corrected chi connectivity index (χ3v) is 4.21. The number of piperazine rings is 1. The van der Waals surface area contributed by atoms with Gasteiger partial charge in [-0.15, -0.1) is 38.0 Å². The Balaban J connectivity index is 0.00000169. The number of ether oxygens (including phenoxy) is 1. The second kappa shape index (κ2) is 9.50. The van der Waals surface area contributed by atoms with Crippen LogP contribution in [0.4, 0.5) is 13.2 Å². The quantitative estimate of drug-likeness (QED) is 0.830. The molecule has 1 aromatic heterocycles. The molecule has 1 fully saturated rings. The smallest absolute Gasteiger partial charge is 0.406 e. The minimum Gasteiger partial charge on any atom is -0.406 e. The van der Waals surface area contributed by atoms with Crippen LogP contribution >= 0.6 is 24.8 Å². The van der Waals surface area contributed by atoms with Gasteiger partial charge in [0.2, 0.25) is 0 Å². The predicted molar refractivity (Wildman–Crippen MR) is 99.3 cm³/mol. The fourth-order valence-corrected chi connectivity index (χ4v) is 3.12. The summed E-state index contributed by atoms with van der Waals surface area (Å²) in [6.07, 6.45) is -2.69. The van der Waals surface area contributed by atoms with Crippen LogP contribution in [0.5, 0.6) is 5.75 Å². The second-order valence-corrected chi connectivity index (χ2v) is 5.85. The Kier molecular flexibility index (Phi) is 8.27. The number of aromatic nitrogens is 1. The molecule has 0 radical (unpaired) electrons. The van der Waals surface area contributed by atoms with E-state index in [9.17, 15) is 13.2 Å². The third kappa shape index (κ3) is 5.54. The fraction of sp³-hybridized carbons (Fsp3) is 0.412. The molecule has 26 heavy (non-hydrogen) atoms. The zero-order valence-electron chi connectivity index (χ0n) is 14.2. The van der Waals surface area contributed by atoms with Gasteiger partial charge >= 0.3 is 6.36 Å². The topological polar surface area (TPSA) is 29.4 Å². The average molecular weight is 412 g/mol. The molecule has 0 bridgehead atoms. The summed E-state index contributed by atoms with van der Waals surface area (Å²) >= 11 is 0. The van der Waals surface area contributed by atoms with Crippen LogP contribution in [0.3, 0.4) is 0 Å². The first-order valence-corrected chi connectivity index (χ1v) is 7.86. The van der Waals surface area contributed by atoms with Gasteiger partial charge in [0, 0.05) is 45.1 Å². The largest absolute Gasteiger partial charge is 0.573 e. The molecule has 0 unspecified atom stereocenters. The first-order valence-electron chi connectivity index (χ1n) is 7.86. The molecule has 0 saturated carbocycles. The Morgan fingerprint density at radius 3 is 2.15 bits per heavy atom. The van der Waals surface area contributed by atoms with Crippen LogP contribution in [-0.4, -0.2) is 42.0 Å². The van der Waals surface area contributed by atoms with Gasteiger partial charge in [-0.3, -0.25) is 4.90 Å². The van der Waals surface area contributed by atoms with E-state index in [-0.39, 0.29) is 36.6 Å². The molecule has 1 N–H and O–H groups in total. The normalized spacial score (nSPS) is 16.3. The van der Waals surface area contributed by atoms with E-state index >= 15 is 0 Å². The molecule has 146 valence electrons. The van der Waals surface area contributed by atoms with Gasteiger partial charge in [-0.25, -0.2) is 0 Å². The molecule has 4 nitrogen and oxygen atoms in total. The van der Waals surface area contributed by atoms with Crippen molar-refractivity contribution in [1.82, 2.24) is 14.8 Å². The van der Waals surface area contributed by atoms with Crippen LogP contribution in [0.15, 0.2) is 42.6 Å². The van der Waals surface area contributed by atoms with E-state index in [1.54, 1.807) is 12.1 Å². The van der Waals surface area contributed by atoms with Gasteiger partial charge in [0.1, 0.15) is 5.75 Å². The lowest BCUT2D eigenvalue weighted by molar-refractivity contribution is -0.274. The van der Waals surface area contributed by atoms with Crippen LogP contribution in [-0.2, 0) is 7.05 Å². The van der Waals surface area contributed by atoms with Gasteiger partial charge in [0.05, 0.1) is 6.04 Å². The summed E-state index contributed by atoms with van der Waals surface area (Å²) < 4.78 is 43.0. The summed E-state index contributed by atoms with van der Waals surface area (Å²) in [7, 11) is 1.98. The molecule has 0 spiro atoms. The minimum absolute atomic E-state index is 0. The number of aryl methyl sites for hydroxylation is 1. The Bertz CT molecular complexity index is 671. The number of alkyl halides is 3. The molecule has 9 heteroatoms. The van der Waals surface area contributed by atoms with Crippen LogP contribution < -0.4 is 10.1 Å². The SMILES string of the molecule is Cl.Cl.Cn1cccc1[C@H](c1ccc(OC(F)(F)F)cc1)N1CCNCC1. The highest BCUT2D eigenvalue weighted by atomic mass is 35.5. The highest BCUT2D eigenvalue weighted by molar-refractivity contribution is 5.85. The first-order chi connectivity index (χ1) is 11.4. The maximum Gasteiger partial charge on any atom is 0.573 e. The molecule has 2 heterocycles. The molecule has 1 aromatic carbocycles. The summed E-state index contributed by atoms with van der Waals surface area (Å²) in [4.78, 5) is 2.34. The number of benzene rings is 1. The predicted octanol–water partition coefficient (Wildman–Crippen LogP) is 3.76. The summed E-state index contributed by atoms with van der Waals surface area (Å²) in [5, 5.41) is 3.32. The van der Waals surface area contributed by atoms with E-state index in [2.05, 4.69) is 15.0 Å². The number of nitrogens with one attached hydrogen (secondary N) is 1. The molecule has 2 aromatic rings. The zero-order valence-corrected chi connectivity index (χ0v) is 15.8. The first kappa shape index (κ1) is 22.6. The second-order valence-electron chi connectivity index (χ2n) is 5.85. The molecule has 1 aliphatic heterocycles. The van der Waals surface area contributed by atoms with Crippen molar-refractivity contribution in [3.8, 4) is 5.75 Å². The van der Waals surface area contributed by atoms with Crippen LogP contribution in [0.2, 0.25) is 0 Å². The Morgan fingerprint density at radius 2 is 1.65 bits per heavy atom. The lowest BCUT2D eigenvalue weighted by Crippen LogP contribution is -2.45. The molecule has 3 rings (SSSR count). The van der Waals surface area contributed by atoms with Crippen molar-refractivity contribution in [1.29, 1.82) is 0 Å². The summed E-state index contributed by atoms with van der Waals surface area (Å²) in [6.45, 7) is 3.57. The van der Waals surface area contributed by atoms with Crippen molar-refractivity contribution >= 4 is 24.8 Å². The number of rotatable bonds is 4. The third-order valence-electron chi connectivity index (χ3n) is 4.21. The Hall–Kier alpha value is -1.41. The number of halogens is 5. The lowest BCUT2D eigenvalue weighted by atomic mass is 10.0. The molecule has 1 saturated heterocycles. The average Bonchev–Trinajstić information content (AvgIpc) is 2.95. The molecule has 1 aliphatic rings. The van der Waals surface area contributed by atoms with Gasteiger partial charge in [-0.2, -0.15) is 0 Å². The lowest BCUT2D eigenvalue weighted by Gasteiger charge is -2.35. The van der Waals surface area contributed by atoms with Gasteiger partial charge < -0.3 is 14.6 Å². The summed E-state index contributed by atoms with van der Waals surface area (Å²) in [6, 6.07) is 10.2. The molecule has 0 aliphatic carbocycles. The number of nitrogens with zero attached hydrogens (tertiary/aromatic N) is 2. The van der Waals surface area contributed by atoms with Crippen molar-refractivity contribution < 1.29 is 17.9 Å². The van der Waals surface area contributed by atoms with E-state index in [1.807, 2.05) is 29.9 Å². The molecule has 1 atom stereocenters. The van der Waals surface area contributed by atoms with Gasteiger partial charge in [0.15, 0.2) is 0 Å². The fourth-order valence-electron chi connectivity index (χ4n) is 3.12. The molecule has 0 amide bonds. The summed E-state index contributed by atoms with van der Waals surface area (Å²) in [5.74, 6) is -0.197. The van der Waals surface area contributed by atoms with Crippen LogP contribution in [0, 0.1) is 0 Å². The van der Waals surface area contributed by atoms with E-state index in [4.69, 9.17) is 0 Å². The highest BCUT2D eigenvalue weighted by Crippen LogP contribution is 2.31. The Labute approximate surface area is 163 Å². The van der Waals surface area contributed by atoms with Crippen molar-refractivity contribution in [2.45, 2.75) is 12.4 Å². The maximum atomic E-state index is 12.3. The number of hydrogen-bond donors (Lipinski definition) is 1. The van der Waals surface area contributed by atoms with Crippen molar-refractivity contribution in [2.75, 3.05) is 26.2 Å². The van der Waals surface area contributed by atoms with E-state index < -0.39 is 6.36 Å². The van der Waals surface area contributed by atoms with E-state index in [1.165, 1.54) is 12.1 Å². The summed E-state index contributed by atoms with van der Waals surface area (Å²) in [5.41, 5.74) is 2.06. The monoisotopic (exact) mass is 411 g/mol. The standard InChI is InChI=1S/C17H20F3N3O.2ClH/c1-22-10-2-3-15(22)16(23-11-8-21-9-12-23)13-4-6-14(7-5-13)24-17(18,19)20;;/h2-7,10,16,21H,8-9,11-12H2,1H3;2*1H/t16-;;/m0../s1. The van der Waals surface area contributed by atoms with Crippen molar-refractivity contribution in [2.24, 2.45) is 7.05 Å². The van der Waals surface area contributed by atoms with Gasteiger partial charge in [-0.1, -0.05) is 12.1 Å². The van der Waals surface area contributed by atoms with E-state index in [0.717, 1.165) is 37.4 Å². The Morgan fingerprint density at radius 1 is 1.04 bits per heavy atom. The van der Waals surface area contributed by atoms with Crippen molar-refractivity contribution in [3.05, 3.63) is 53.9 Å². The van der Waals surface area contributed by atoms with E-state index in [0.29, 0.717) is 0 Å². The molecular weight excluding hydrogens is 390 g/mol. The van der Waals surface area contributed by atoms with Gasteiger partial charge in [-0.05, 0) is 29.8 Å². The maximum absolute atomic E-state index is 12.3. The van der Waals surface area contributed by atoms with Crippen LogP contribution in [0.1, 0.15) is 17.3 Å². The number of hydrogen-bond acceptors (Lipinski definition) is 3. The zero-order chi connectivity index (χ0) is 17.2. The van der Waals surface area contributed by atoms with Crippen molar-refractivity contribution in [3.63, 3.8) is 0 Å². The highest BCUT2D eigenvalue weighted by Gasteiger charge is 2.31. The van der Waals surface area contributed by atoms with Gasteiger partial charge in [0.25, 0.3) is 0 Å².